The second-order valence-electron chi connectivity index (χ2n) is 5.22. The highest BCUT2D eigenvalue weighted by Gasteiger charge is 2.21. The Bertz CT molecular complexity index is 731. The lowest BCUT2D eigenvalue weighted by Crippen LogP contribution is -2.21. The van der Waals surface area contributed by atoms with E-state index in [4.69, 9.17) is 4.84 Å². The third-order valence-corrected chi connectivity index (χ3v) is 3.81. The molecule has 2 heterocycles. The fourth-order valence-electron chi connectivity index (χ4n) is 2.69. The number of aromatic nitrogens is 1. The van der Waals surface area contributed by atoms with Crippen LogP contribution in [-0.2, 0) is 11.4 Å². The van der Waals surface area contributed by atoms with Crippen molar-refractivity contribution in [2.75, 3.05) is 0 Å². The second kappa shape index (κ2) is 5.12. The molecule has 1 aliphatic heterocycles. The van der Waals surface area contributed by atoms with Crippen LogP contribution in [0.4, 0.5) is 0 Å². The van der Waals surface area contributed by atoms with Crippen LogP contribution in [0.2, 0.25) is 0 Å². The number of para-hydroxylation sites is 1. The largest absolute Gasteiger partial charge is 0.390 e. The molecule has 0 saturated heterocycles. The number of fused-ring (bicyclic) bond motifs is 1. The highest BCUT2D eigenvalue weighted by atomic mass is 16.6. The molecular formula is C16H18N2O2. The molecule has 1 aromatic heterocycles. The molecule has 0 fully saturated rings. The Hall–Kier alpha value is -2.10. The van der Waals surface area contributed by atoms with Crippen molar-refractivity contribution in [3.8, 4) is 0 Å². The summed E-state index contributed by atoms with van der Waals surface area (Å²) in [7, 11) is 0. The number of hydrogen-bond donors (Lipinski definition) is 0. The molecule has 1 atom stereocenters. The minimum absolute atomic E-state index is 0.0644. The van der Waals surface area contributed by atoms with Gasteiger partial charge in [-0.2, -0.15) is 0 Å². The van der Waals surface area contributed by atoms with Crippen molar-refractivity contribution in [1.29, 1.82) is 0 Å². The zero-order chi connectivity index (χ0) is 14.1. The van der Waals surface area contributed by atoms with Gasteiger partial charge in [-0.05, 0) is 25.5 Å². The predicted molar refractivity (Wildman–Crippen MR) is 80.2 cm³/mol. The van der Waals surface area contributed by atoms with E-state index in [9.17, 15) is 4.79 Å². The topological polar surface area (TPSA) is 43.6 Å². The van der Waals surface area contributed by atoms with E-state index in [1.54, 1.807) is 6.07 Å². The van der Waals surface area contributed by atoms with Crippen molar-refractivity contribution >= 4 is 16.6 Å². The molecule has 104 valence electrons. The van der Waals surface area contributed by atoms with E-state index in [2.05, 4.69) is 16.6 Å². The molecule has 4 nitrogen and oxygen atoms in total. The van der Waals surface area contributed by atoms with Gasteiger partial charge in [-0.15, -0.1) is 0 Å². The van der Waals surface area contributed by atoms with Crippen LogP contribution in [0.25, 0.3) is 10.9 Å². The van der Waals surface area contributed by atoms with Crippen molar-refractivity contribution in [3.63, 3.8) is 0 Å². The van der Waals surface area contributed by atoms with Crippen LogP contribution >= 0.6 is 0 Å². The summed E-state index contributed by atoms with van der Waals surface area (Å²) in [6.07, 6.45) is 1.87. The van der Waals surface area contributed by atoms with Crippen molar-refractivity contribution in [2.45, 2.75) is 39.3 Å². The van der Waals surface area contributed by atoms with Crippen LogP contribution in [0.15, 0.2) is 40.3 Å². The Kier molecular flexibility index (Phi) is 3.30. The lowest BCUT2D eigenvalue weighted by Gasteiger charge is -2.17. The average molecular weight is 270 g/mol. The molecule has 0 spiro atoms. The molecule has 3 rings (SSSR count). The molecule has 0 N–H and O–H groups in total. The SMILES string of the molecule is CCC1=NO[C@@H](Cn2c(C)cc(=O)c3ccccc32)C1. The lowest BCUT2D eigenvalue weighted by atomic mass is 10.1. The molecule has 0 unspecified atom stereocenters. The number of pyridine rings is 1. The summed E-state index contributed by atoms with van der Waals surface area (Å²) in [5.41, 5.74) is 3.11. The molecule has 1 aliphatic rings. The summed E-state index contributed by atoms with van der Waals surface area (Å²) >= 11 is 0. The maximum atomic E-state index is 12.0. The monoisotopic (exact) mass is 270 g/mol. The van der Waals surface area contributed by atoms with Gasteiger partial charge < -0.3 is 9.40 Å². The average Bonchev–Trinajstić information content (AvgIpc) is 2.91. The first kappa shape index (κ1) is 12.9. The number of hydrogen-bond acceptors (Lipinski definition) is 3. The predicted octanol–water partition coefficient (Wildman–Crippen LogP) is 2.86. The van der Waals surface area contributed by atoms with Gasteiger partial charge in [0.2, 0.25) is 0 Å². The van der Waals surface area contributed by atoms with E-state index in [1.807, 2.05) is 31.2 Å². The van der Waals surface area contributed by atoms with Crippen molar-refractivity contribution in [1.82, 2.24) is 4.57 Å². The zero-order valence-corrected chi connectivity index (χ0v) is 11.8. The Balaban J connectivity index is 1.98. The number of rotatable bonds is 3. The normalized spacial score (nSPS) is 18.1. The minimum atomic E-state index is 0.0644. The summed E-state index contributed by atoms with van der Waals surface area (Å²) in [5, 5.41) is 4.86. The maximum absolute atomic E-state index is 12.0. The molecule has 0 saturated carbocycles. The van der Waals surface area contributed by atoms with Crippen LogP contribution in [-0.4, -0.2) is 16.4 Å². The van der Waals surface area contributed by atoms with E-state index >= 15 is 0 Å². The Morgan fingerprint density at radius 1 is 1.40 bits per heavy atom. The molecule has 0 amide bonds. The fourth-order valence-corrected chi connectivity index (χ4v) is 2.69. The van der Waals surface area contributed by atoms with Crippen LogP contribution in [0.5, 0.6) is 0 Å². The number of nitrogens with zero attached hydrogens (tertiary/aromatic N) is 2. The summed E-state index contributed by atoms with van der Waals surface area (Å²) in [5.74, 6) is 0. The third-order valence-electron chi connectivity index (χ3n) is 3.81. The van der Waals surface area contributed by atoms with Crippen LogP contribution in [0.3, 0.4) is 0 Å². The van der Waals surface area contributed by atoms with Gasteiger partial charge in [0.15, 0.2) is 11.5 Å². The molecule has 0 bridgehead atoms. The van der Waals surface area contributed by atoms with Crippen LogP contribution in [0.1, 0.15) is 25.5 Å². The summed E-state index contributed by atoms with van der Waals surface area (Å²) in [6.45, 7) is 4.77. The van der Waals surface area contributed by atoms with E-state index in [-0.39, 0.29) is 11.5 Å². The summed E-state index contributed by atoms with van der Waals surface area (Å²) in [4.78, 5) is 17.5. The molecule has 0 aliphatic carbocycles. The highest BCUT2D eigenvalue weighted by Crippen LogP contribution is 2.19. The molecule has 1 aromatic carbocycles. The van der Waals surface area contributed by atoms with Crippen molar-refractivity contribution in [2.24, 2.45) is 5.16 Å². The van der Waals surface area contributed by atoms with Crippen molar-refractivity contribution in [3.05, 3.63) is 46.2 Å². The summed E-state index contributed by atoms with van der Waals surface area (Å²) in [6, 6.07) is 9.41. The van der Waals surface area contributed by atoms with Crippen molar-refractivity contribution < 1.29 is 4.84 Å². The van der Waals surface area contributed by atoms with Crippen LogP contribution < -0.4 is 5.43 Å². The smallest absolute Gasteiger partial charge is 0.189 e. The quantitative estimate of drug-likeness (QED) is 0.860. The van der Waals surface area contributed by atoms with Gasteiger partial charge in [-0.25, -0.2) is 0 Å². The highest BCUT2D eigenvalue weighted by molar-refractivity contribution is 5.85. The van der Waals surface area contributed by atoms with Gasteiger partial charge >= 0.3 is 0 Å². The van der Waals surface area contributed by atoms with Gasteiger partial charge in [-0.3, -0.25) is 4.79 Å². The van der Waals surface area contributed by atoms with Gasteiger partial charge in [-0.1, -0.05) is 24.2 Å². The van der Waals surface area contributed by atoms with E-state index < -0.39 is 0 Å². The number of aryl methyl sites for hydroxylation is 1. The van der Waals surface area contributed by atoms with Gasteiger partial charge in [0.1, 0.15) is 0 Å². The van der Waals surface area contributed by atoms with Gasteiger partial charge in [0, 0.05) is 23.6 Å². The Labute approximate surface area is 117 Å². The first-order chi connectivity index (χ1) is 9.69. The van der Waals surface area contributed by atoms with Gasteiger partial charge in [0.05, 0.1) is 17.8 Å². The molecule has 2 aromatic rings. The van der Waals surface area contributed by atoms with Crippen LogP contribution in [0, 0.1) is 6.92 Å². The number of benzene rings is 1. The Morgan fingerprint density at radius 2 is 2.20 bits per heavy atom. The van der Waals surface area contributed by atoms with Gasteiger partial charge in [0.25, 0.3) is 0 Å². The fraction of sp³-hybridized carbons (Fsp3) is 0.375. The number of oxime groups is 1. The minimum Gasteiger partial charge on any atom is -0.390 e. The summed E-state index contributed by atoms with van der Waals surface area (Å²) < 4.78 is 2.15. The lowest BCUT2D eigenvalue weighted by molar-refractivity contribution is 0.0729. The molecular weight excluding hydrogens is 252 g/mol. The van der Waals surface area contributed by atoms with E-state index in [1.165, 1.54) is 0 Å². The van der Waals surface area contributed by atoms with E-state index in [0.717, 1.165) is 41.7 Å². The molecule has 0 radical (unpaired) electrons. The van der Waals surface area contributed by atoms with E-state index in [0.29, 0.717) is 0 Å². The first-order valence-electron chi connectivity index (χ1n) is 6.99. The molecule has 20 heavy (non-hydrogen) atoms. The molecule has 4 heteroatoms. The second-order valence-corrected chi connectivity index (χ2v) is 5.22. The third kappa shape index (κ3) is 2.22. The zero-order valence-electron chi connectivity index (χ0n) is 11.8. The Morgan fingerprint density at radius 3 is 2.95 bits per heavy atom. The maximum Gasteiger partial charge on any atom is 0.189 e. The standard InChI is InChI=1S/C16H18N2O2/c1-3-12-9-13(20-17-12)10-18-11(2)8-16(19)14-6-4-5-7-15(14)18/h4-8,13H,3,9-10H2,1-2H3/t13-/m1/s1. The first-order valence-corrected chi connectivity index (χ1v) is 6.99.